The fourth-order valence-corrected chi connectivity index (χ4v) is 4.75. The summed E-state index contributed by atoms with van der Waals surface area (Å²) in [5.41, 5.74) is 1.82. The lowest BCUT2D eigenvalue weighted by Crippen LogP contribution is -2.36. The van der Waals surface area contributed by atoms with Crippen molar-refractivity contribution in [2.24, 2.45) is 5.41 Å². The van der Waals surface area contributed by atoms with Crippen LogP contribution in [0.2, 0.25) is 0 Å². The third-order valence-corrected chi connectivity index (χ3v) is 6.15. The fraction of sp³-hybridized carbons (Fsp3) is 0.409. The molecule has 0 fully saturated rings. The van der Waals surface area contributed by atoms with Gasteiger partial charge in [-0.25, -0.2) is 0 Å². The molecular weight excluding hydrogens is 386 g/mol. The normalized spacial score (nSPS) is 17.7. The van der Waals surface area contributed by atoms with E-state index in [0.717, 1.165) is 34.8 Å². The molecule has 0 spiro atoms. The number of carbonyl (C=O) groups is 1. The lowest BCUT2D eigenvalue weighted by Gasteiger charge is -2.34. The molecule has 1 aliphatic carbocycles. The number of furan rings is 1. The summed E-state index contributed by atoms with van der Waals surface area (Å²) in [5.74, 6) is 3.47. The number of aryl methyl sites for hydroxylation is 2. The summed E-state index contributed by atoms with van der Waals surface area (Å²) in [4.78, 5) is 18.3. The molecule has 2 heterocycles. The Bertz CT molecular complexity index is 1040. The average molecular weight is 412 g/mol. The molecule has 0 bridgehead atoms. The van der Waals surface area contributed by atoms with Crippen LogP contribution in [0, 0.1) is 19.3 Å². The summed E-state index contributed by atoms with van der Waals surface area (Å²) in [6, 6.07) is 9.60. The van der Waals surface area contributed by atoms with Crippen molar-refractivity contribution in [3.8, 4) is 0 Å². The number of rotatable bonds is 5. The van der Waals surface area contributed by atoms with Crippen LogP contribution in [0.3, 0.4) is 0 Å². The number of thioether (sulfide) groups is 1. The van der Waals surface area contributed by atoms with E-state index in [-0.39, 0.29) is 17.4 Å². The van der Waals surface area contributed by atoms with Crippen LogP contribution in [-0.4, -0.2) is 16.0 Å². The van der Waals surface area contributed by atoms with Gasteiger partial charge in [-0.1, -0.05) is 31.1 Å². The Morgan fingerprint density at radius 3 is 2.86 bits per heavy atom. The predicted molar refractivity (Wildman–Crippen MR) is 111 cm³/mol. The second-order valence-corrected chi connectivity index (χ2v) is 9.34. The molecule has 0 aliphatic heterocycles. The van der Waals surface area contributed by atoms with Gasteiger partial charge in [0.25, 0.3) is 5.91 Å². The lowest BCUT2D eigenvalue weighted by molar-refractivity contribution is 0.0914. The Morgan fingerprint density at radius 2 is 2.10 bits per heavy atom. The topological polar surface area (TPSA) is 81.2 Å². The van der Waals surface area contributed by atoms with Gasteiger partial charge < -0.3 is 14.3 Å². The van der Waals surface area contributed by atoms with Gasteiger partial charge in [-0.3, -0.25) is 4.79 Å². The summed E-state index contributed by atoms with van der Waals surface area (Å²) in [7, 11) is 0. The van der Waals surface area contributed by atoms with Gasteiger partial charge in [-0.15, -0.1) is 11.8 Å². The molecule has 152 valence electrons. The molecule has 4 rings (SSSR count). The molecule has 1 amide bonds. The number of nitrogens with one attached hydrogen (secondary N) is 1. The Balaban J connectivity index is 1.53. The number of benzene rings is 1. The zero-order valence-corrected chi connectivity index (χ0v) is 17.9. The van der Waals surface area contributed by atoms with E-state index in [1.165, 1.54) is 11.8 Å². The molecule has 1 unspecified atom stereocenters. The van der Waals surface area contributed by atoms with Crippen molar-refractivity contribution in [3.05, 3.63) is 64.7 Å². The van der Waals surface area contributed by atoms with Crippen LogP contribution in [-0.2, 0) is 12.2 Å². The first-order chi connectivity index (χ1) is 13.8. The van der Waals surface area contributed by atoms with Crippen molar-refractivity contribution in [1.82, 2.24) is 15.5 Å². The molecular formula is C22H25N3O3S. The molecule has 6 nitrogen and oxygen atoms in total. The monoisotopic (exact) mass is 411 g/mol. The van der Waals surface area contributed by atoms with E-state index >= 15 is 0 Å². The Hall–Kier alpha value is -2.54. The van der Waals surface area contributed by atoms with Gasteiger partial charge in [-0.05, 0) is 43.9 Å². The fourth-order valence-electron chi connectivity index (χ4n) is 3.87. The first kappa shape index (κ1) is 19.8. The Morgan fingerprint density at radius 1 is 1.31 bits per heavy atom. The van der Waals surface area contributed by atoms with Crippen LogP contribution in [0.5, 0.6) is 0 Å². The summed E-state index contributed by atoms with van der Waals surface area (Å²) < 4.78 is 11.1. The van der Waals surface area contributed by atoms with Crippen molar-refractivity contribution in [2.45, 2.75) is 57.2 Å². The van der Waals surface area contributed by atoms with E-state index in [2.05, 4.69) is 29.3 Å². The number of carbonyl (C=O) groups excluding carboxylic acids is 1. The van der Waals surface area contributed by atoms with E-state index < -0.39 is 0 Å². The summed E-state index contributed by atoms with van der Waals surface area (Å²) in [5, 5.41) is 7.05. The third-order valence-electron chi connectivity index (χ3n) is 5.09. The second kappa shape index (κ2) is 7.71. The van der Waals surface area contributed by atoms with Crippen LogP contribution in [0.15, 0.2) is 44.2 Å². The van der Waals surface area contributed by atoms with Crippen LogP contribution >= 0.6 is 11.8 Å². The molecule has 29 heavy (non-hydrogen) atoms. The molecule has 1 N–H and O–H groups in total. The number of amides is 1. The molecule has 2 aromatic heterocycles. The Kier molecular flexibility index (Phi) is 5.25. The molecule has 1 aliphatic rings. The maximum absolute atomic E-state index is 13.2. The number of nitrogens with zero attached hydrogens (tertiary/aromatic N) is 2. The largest absolute Gasteiger partial charge is 0.466 e. The highest BCUT2D eigenvalue weighted by Gasteiger charge is 2.35. The number of hydrogen-bond donors (Lipinski definition) is 1. The molecule has 0 saturated carbocycles. The zero-order valence-electron chi connectivity index (χ0n) is 17.1. The van der Waals surface area contributed by atoms with Crippen LogP contribution < -0.4 is 5.32 Å². The Labute approximate surface area is 174 Å². The minimum Gasteiger partial charge on any atom is -0.466 e. The third kappa shape index (κ3) is 4.40. The highest BCUT2D eigenvalue weighted by atomic mass is 32.2. The van der Waals surface area contributed by atoms with Crippen molar-refractivity contribution in [1.29, 1.82) is 0 Å². The summed E-state index contributed by atoms with van der Waals surface area (Å²) in [6.45, 7) is 8.16. The van der Waals surface area contributed by atoms with Crippen LogP contribution in [0.25, 0.3) is 0 Å². The van der Waals surface area contributed by atoms with E-state index in [1.807, 2.05) is 37.3 Å². The molecule has 0 radical (unpaired) electrons. The number of aromatic nitrogens is 2. The van der Waals surface area contributed by atoms with Crippen molar-refractivity contribution >= 4 is 17.7 Å². The van der Waals surface area contributed by atoms with Gasteiger partial charge in [0.05, 0.1) is 17.4 Å². The van der Waals surface area contributed by atoms with E-state index in [1.54, 1.807) is 6.92 Å². The minimum atomic E-state index is -0.0812. The van der Waals surface area contributed by atoms with E-state index in [9.17, 15) is 4.79 Å². The minimum absolute atomic E-state index is 0.0599. The van der Waals surface area contributed by atoms with E-state index in [4.69, 9.17) is 8.94 Å². The number of fused-ring (bicyclic) bond motifs is 1. The number of hydrogen-bond acceptors (Lipinski definition) is 6. The average Bonchev–Trinajstić information content (AvgIpc) is 3.24. The van der Waals surface area contributed by atoms with E-state index in [0.29, 0.717) is 23.0 Å². The van der Waals surface area contributed by atoms with Crippen molar-refractivity contribution in [2.75, 3.05) is 0 Å². The molecule has 7 heteroatoms. The van der Waals surface area contributed by atoms with Gasteiger partial charge in [0.1, 0.15) is 11.5 Å². The highest BCUT2D eigenvalue weighted by molar-refractivity contribution is 7.98. The molecule has 0 saturated heterocycles. The van der Waals surface area contributed by atoms with Gasteiger partial charge in [-0.2, -0.15) is 4.98 Å². The molecule has 3 aromatic rings. The zero-order chi connectivity index (χ0) is 20.6. The maximum Gasteiger partial charge on any atom is 0.252 e. The van der Waals surface area contributed by atoms with Gasteiger partial charge in [0, 0.05) is 16.9 Å². The first-order valence-corrected chi connectivity index (χ1v) is 10.7. The smallest absolute Gasteiger partial charge is 0.252 e. The second-order valence-electron chi connectivity index (χ2n) is 8.33. The van der Waals surface area contributed by atoms with Crippen molar-refractivity contribution in [3.63, 3.8) is 0 Å². The van der Waals surface area contributed by atoms with Crippen molar-refractivity contribution < 1.29 is 13.7 Å². The van der Waals surface area contributed by atoms with Crippen LogP contribution in [0.4, 0.5) is 0 Å². The molecule has 1 atom stereocenters. The SMILES string of the molecule is Cc1noc(CSc2ccccc2C(=O)NC2CC(C)(C)Cc3oc(C)cc32)n1. The standard InChI is InChI=1S/C22H25N3O3S/c1-13-9-16-17(10-22(3,4)11-18(16)27-13)24-21(26)15-7-5-6-8-19(15)29-12-20-23-14(2)25-28-20/h5-9,17H,10-12H2,1-4H3,(H,24,26). The summed E-state index contributed by atoms with van der Waals surface area (Å²) in [6.07, 6.45) is 1.76. The molecule has 1 aromatic carbocycles. The quantitative estimate of drug-likeness (QED) is 0.594. The van der Waals surface area contributed by atoms with Gasteiger partial charge in [0.2, 0.25) is 5.89 Å². The summed E-state index contributed by atoms with van der Waals surface area (Å²) >= 11 is 1.52. The predicted octanol–water partition coefficient (Wildman–Crippen LogP) is 5.02. The van der Waals surface area contributed by atoms with Crippen LogP contribution in [0.1, 0.15) is 65.5 Å². The van der Waals surface area contributed by atoms with Gasteiger partial charge >= 0.3 is 0 Å². The lowest BCUT2D eigenvalue weighted by atomic mass is 9.74. The highest BCUT2D eigenvalue weighted by Crippen LogP contribution is 2.42. The first-order valence-electron chi connectivity index (χ1n) is 9.72. The van der Waals surface area contributed by atoms with Gasteiger partial charge in [0.15, 0.2) is 5.82 Å². The maximum atomic E-state index is 13.2.